The molecule has 0 saturated heterocycles. The monoisotopic (exact) mass is 359 g/mol. The average molecular weight is 360 g/mol. The van der Waals surface area contributed by atoms with Crippen LogP contribution < -0.4 is 10.1 Å². The van der Waals surface area contributed by atoms with E-state index >= 15 is 0 Å². The minimum atomic E-state index is 0.396. The number of aryl methyl sites for hydroxylation is 1. The van der Waals surface area contributed by atoms with E-state index in [0.29, 0.717) is 12.6 Å². The lowest BCUT2D eigenvalue weighted by molar-refractivity contribution is 0.305. The first kappa shape index (κ1) is 19.2. The van der Waals surface area contributed by atoms with Crippen molar-refractivity contribution in [3.63, 3.8) is 0 Å². The van der Waals surface area contributed by atoms with Crippen molar-refractivity contribution in [2.75, 3.05) is 0 Å². The van der Waals surface area contributed by atoms with Gasteiger partial charge in [0.2, 0.25) is 0 Å². The van der Waals surface area contributed by atoms with Gasteiger partial charge in [0.05, 0.1) is 0 Å². The van der Waals surface area contributed by atoms with Crippen LogP contribution in [0, 0.1) is 6.92 Å². The van der Waals surface area contributed by atoms with Gasteiger partial charge in [0.25, 0.3) is 0 Å². The predicted octanol–water partition coefficient (Wildman–Crippen LogP) is 6.21. The summed E-state index contributed by atoms with van der Waals surface area (Å²) in [4.78, 5) is 0. The van der Waals surface area contributed by atoms with Crippen molar-refractivity contribution >= 4 is 0 Å². The van der Waals surface area contributed by atoms with Gasteiger partial charge in [-0.05, 0) is 47.7 Å². The summed E-state index contributed by atoms with van der Waals surface area (Å²) in [5.74, 6) is 0.912. The molecule has 0 heterocycles. The topological polar surface area (TPSA) is 21.3 Å². The SMILES string of the molecule is CCCC(NCc1ccc(OCc2ccccc2C)cc1)c1ccccc1. The molecule has 1 unspecified atom stereocenters. The van der Waals surface area contributed by atoms with E-state index in [-0.39, 0.29) is 0 Å². The van der Waals surface area contributed by atoms with Crippen molar-refractivity contribution in [2.24, 2.45) is 0 Å². The van der Waals surface area contributed by atoms with Gasteiger partial charge in [0.1, 0.15) is 12.4 Å². The van der Waals surface area contributed by atoms with Gasteiger partial charge in [-0.1, -0.05) is 80.1 Å². The van der Waals surface area contributed by atoms with Crippen molar-refractivity contribution < 1.29 is 4.74 Å². The summed E-state index contributed by atoms with van der Waals surface area (Å²) >= 11 is 0. The smallest absolute Gasteiger partial charge is 0.119 e. The van der Waals surface area contributed by atoms with Gasteiger partial charge in [0, 0.05) is 12.6 Å². The summed E-state index contributed by atoms with van der Waals surface area (Å²) in [5.41, 5.74) is 5.13. The maximum atomic E-state index is 5.94. The number of rotatable bonds is 9. The molecule has 3 aromatic carbocycles. The molecule has 3 aromatic rings. The Kier molecular flexibility index (Phi) is 7.06. The summed E-state index contributed by atoms with van der Waals surface area (Å²) in [7, 11) is 0. The van der Waals surface area contributed by atoms with Crippen LogP contribution >= 0.6 is 0 Å². The normalized spacial score (nSPS) is 11.9. The first-order valence-electron chi connectivity index (χ1n) is 9.81. The molecule has 0 spiro atoms. The number of benzene rings is 3. The van der Waals surface area contributed by atoms with Crippen LogP contribution in [0.25, 0.3) is 0 Å². The van der Waals surface area contributed by atoms with E-state index in [9.17, 15) is 0 Å². The predicted molar refractivity (Wildman–Crippen MR) is 113 cm³/mol. The lowest BCUT2D eigenvalue weighted by Gasteiger charge is -2.19. The Balaban J connectivity index is 1.54. The van der Waals surface area contributed by atoms with Crippen molar-refractivity contribution in [3.05, 3.63) is 101 Å². The van der Waals surface area contributed by atoms with Crippen molar-refractivity contribution in [3.8, 4) is 5.75 Å². The molecule has 0 aliphatic carbocycles. The highest BCUT2D eigenvalue weighted by atomic mass is 16.5. The van der Waals surface area contributed by atoms with Gasteiger partial charge in [-0.15, -0.1) is 0 Å². The van der Waals surface area contributed by atoms with E-state index in [0.717, 1.165) is 25.1 Å². The molecule has 1 N–H and O–H groups in total. The Bertz CT molecular complexity index is 811. The summed E-state index contributed by atoms with van der Waals surface area (Å²) in [5, 5.41) is 3.70. The third-order valence-corrected chi connectivity index (χ3v) is 4.91. The van der Waals surface area contributed by atoms with Crippen LogP contribution in [0.15, 0.2) is 78.9 Å². The fourth-order valence-corrected chi connectivity index (χ4v) is 3.24. The summed E-state index contributed by atoms with van der Waals surface area (Å²) in [6.07, 6.45) is 2.31. The standard InChI is InChI=1S/C25H29NO/c1-3-9-25(22-11-5-4-6-12-22)26-18-21-14-16-24(17-15-21)27-19-23-13-8-7-10-20(23)2/h4-8,10-17,25-26H,3,9,18-19H2,1-2H3. The van der Waals surface area contributed by atoms with Crippen LogP contribution in [0.5, 0.6) is 5.75 Å². The van der Waals surface area contributed by atoms with Crippen LogP contribution in [0.3, 0.4) is 0 Å². The first-order chi connectivity index (χ1) is 13.3. The number of hydrogen-bond acceptors (Lipinski definition) is 2. The highest BCUT2D eigenvalue weighted by molar-refractivity contribution is 5.29. The zero-order valence-electron chi connectivity index (χ0n) is 16.3. The molecule has 0 aliphatic heterocycles. The molecule has 0 saturated carbocycles. The molecule has 0 fully saturated rings. The third-order valence-electron chi connectivity index (χ3n) is 4.91. The minimum absolute atomic E-state index is 0.396. The zero-order chi connectivity index (χ0) is 18.9. The molecule has 27 heavy (non-hydrogen) atoms. The molecular weight excluding hydrogens is 330 g/mol. The second-order valence-electron chi connectivity index (χ2n) is 6.99. The van der Waals surface area contributed by atoms with Gasteiger partial charge in [-0.3, -0.25) is 0 Å². The molecule has 1 atom stereocenters. The van der Waals surface area contributed by atoms with Crippen molar-refractivity contribution in [1.82, 2.24) is 5.32 Å². The van der Waals surface area contributed by atoms with Gasteiger partial charge in [-0.2, -0.15) is 0 Å². The van der Waals surface area contributed by atoms with Gasteiger partial charge in [-0.25, -0.2) is 0 Å². The van der Waals surface area contributed by atoms with E-state index < -0.39 is 0 Å². The Labute approximate surface area is 163 Å². The zero-order valence-corrected chi connectivity index (χ0v) is 16.3. The average Bonchev–Trinajstić information content (AvgIpc) is 2.72. The lowest BCUT2D eigenvalue weighted by atomic mass is 10.0. The Hall–Kier alpha value is -2.58. The maximum absolute atomic E-state index is 5.94. The summed E-state index contributed by atoms with van der Waals surface area (Å²) < 4.78 is 5.94. The first-order valence-corrected chi connectivity index (χ1v) is 9.81. The van der Waals surface area contributed by atoms with Crippen LogP contribution in [-0.4, -0.2) is 0 Å². The lowest BCUT2D eigenvalue weighted by Crippen LogP contribution is -2.20. The molecule has 2 heteroatoms. The van der Waals surface area contributed by atoms with Crippen molar-refractivity contribution in [2.45, 2.75) is 45.9 Å². The molecule has 140 valence electrons. The summed E-state index contributed by atoms with van der Waals surface area (Å²) in [6.45, 7) is 5.82. The fourth-order valence-electron chi connectivity index (χ4n) is 3.24. The molecule has 0 radical (unpaired) electrons. The second-order valence-corrected chi connectivity index (χ2v) is 6.99. The Morgan fingerprint density at radius 1 is 0.852 bits per heavy atom. The number of hydrogen-bond donors (Lipinski definition) is 1. The number of ether oxygens (including phenoxy) is 1. The third kappa shape index (κ3) is 5.70. The van der Waals surface area contributed by atoms with E-state index in [1.54, 1.807) is 0 Å². The van der Waals surface area contributed by atoms with Crippen LogP contribution in [0.2, 0.25) is 0 Å². The Morgan fingerprint density at radius 3 is 2.26 bits per heavy atom. The minimum Gasteiger partial charge on any atom is -0.489 e. The molecule has 0 amide bonds. The van der Waals surface area contributed by atoms with Crippen LogP contribution in [0.4, 0.5) is 0 Å². The second kappa shape index (κ2) is 9.94. The maximum Gasteiger partial charge on any atom is 0.119 e. The largest absolute Gasteiger partial charge is 0.489 e. The van der Waals surface area contributed by atoms with E-state index in [4.69, 9.17) is 4.74 Å². The van der Waals surface area contributed by atoms with Crippen LogP contribution in [-0.2, 0) is 13.2 Å². The van der Waals surface area contributed by atoms with E-state index in [1.807, 2.05) is 0 Å². The Morgan fingerprint density at radius 2 is 1.56 bits per heavy atom. The fraction of sp³-hybridized carbons (Fsp3) is 0.280. The number of nitrogens with one attached hydrogen (secondary N) is 1. The van der Waals surface area contributed by atoms with Gasteiger partial charge in [0.15, 0.2) is 0 Å². The molecule has 2 nitrogen and oxygen atoms in total. The molecular formula is C25H29NO. The van der Waals surface area contributed by atoms with E-state index in [2.05, 4.69) is 98.0 Å². The van der Waals surface area contributed by atoms with Gasteiger partial charge < -0.3 is 10.1 Å². The molecule has 0 aliphatic rings. The van der Waals surface area contributed by atoms with E-state index in [1.165, 1.54) is 22.3 Å². The molecule has 3 rings (SSSR count). The summed E-state index contributed by atoms with van der Waals surface area (Å²) in [6, 6.07) is 27.9. The van der Waals surface area contributed by atoms with Crippen LogP contribution in [0.1, 0.15) is 48.1 Å². The quantitative estimate of drug-likeness (QED) is 0.491. The van der Waals surface area contributed by atoms with Gasteiger partial charge >= 0.3 is 0 Å². The highest BCUT2D eigenvalue weighted by Crippen LogP contribution is 2.20. The molecule has 0 bridgehead atoms. The van der Waals surface area contributed by atoms with Crippen molar-refractivity contribution in [1.29, 1.82) is 0 Å². The molecule has 0 aromatic heterocycles. The highest BCUT2D eigenvalue weighted by Gasteiger charge is 2.09.